The van der Waals surface area contributed by atoms with Gasteiger partial charge in [0.15, 0.2) is 0 Å². The van der Waals surface area contributed by atoms with Crippen molar-refractivity contribution in [1.82, 2.24) is 0 Å². The van der Waals surface area contributed by atoms with Gasteiger partial charge in [0.2, 0.25) is 0 Å². The van der Waals surface area contributed by atoms with Crippen molar-refractivity contribution in [2.45, 2.75) is 13.3 Å². The monoisotopic (exact) mass is 413 g/mol. The molecule has 0 nitrogen and oxygen atoms in total. The zero-order valence-electron chi connectivity index (χ0n) is 11.5. The van der Waals surface area contributed by atoms with Gasteiger partial charge in [-0.1, -0.05) is 42.3 Å². The zero-order chi connectivity index (χ0) is 15.2. The Morgan fingerprint density at radius 2 is 1.76 bits per heavy atom. The number of rotatable bonds is 2. The molecule has 21 heavy (non-hydrogen) atoms. The molecule has 3 aromatic rings. The van der Waals surface area contributed by atoms with E-state index in [4.69, 9.17) is 28.6 Å². The van der Waals surface area contributed by atoms with Gasteiger partial charge < -0.3 is 0 Å². The van der Waals surface area contributed by atoms with Crippen LogP contribution in [0.15, 0.2) is 54.6 Å². The van der Waals surface area contributed by atoms with E-state index in [1.54, 1.807) is 0 Å². The molecule has 0 bridgehead atoms. The van der Waals surface area contributed by atoms with E-state index in [-0.39, 0.29) is 0 Å². The van der Waals surface area contributed by atoms with Crippen LogP contribution in [0.2, 0.25) is 5.02 Å². The molecule has 0 spiro atoms. The molecule has 0 atom stereocenters. The van der Waals surface area contributed by atoms with E-state index in [9.17, 15) is 0 Å². The molecule has 0 fully saturated rings. The van der Waals surface area contributed by atoms with Gasteiger partial charge >= 0.3 is 37.9 Å². The van der Waals surface area contributed by atoms with Crippen molar-refractivity contribution < 1.29 is 20.8 Å². The van der Waals surface area contributed by atoms with Crippen LogP contribution in [0, 0.1) is 0 Å². The van der Waals surface area contributed by atoms with Crippen molar-refractivity contribution in [3.05, 3.63) is 65.2 Å². The molecule has 0 aliphatic carbocycles. The van der Waals surface area contributed by atoms with Crippen LogP contribution in [0.1, 0.15) is 12.5 Å². The van der Waals surface area contributed by atoms with Crippen LogP contribution >= 0.6 is 28.6 Å². The molecule has 4 heteroatoms. The standard InChI is InChI=1S/C17H14Cl.2ClH.Zr/c1-2-12-9-13-6-4-8-16(17(13)10-12)14-5-3-7-15(18)11-14;;;/h3-11H,2H2,1H3;2*1H;/q-1;;;+2/p-2. The Hall–Kier alpha value is -0.197. The van der Waals surface area contributed by atoms with Crippen LogP contribution in [0.5, 0.6) is 0 Å². The summed E-state index contributed by atoms with van der Waals surface area (Å²) in [5, 5.41) is 3.41. The minimum atomic E-state index is -0.826. The average Bonchev–Trinajstić information content (AvgIpc) is 2.91. The molecule has 0 aliphatic rings. The Labute approximate surface area is 149 Å². The van der Waals surface area contributed by atoms with E-state index in [1.807, 2.05) is 18.2 Å². The number of aryl methyl sites for hydroxylation is 1. The first-order chi connectivity index (χ1) is 10.2. The number of fused-ring (bicyclic) bond motifs is 1. The van der Waals surface area contributed by atoms with Crippen LogP contribution in [-0.4, -0.2) is 0 Å². The second kappa shape index (κ2) is 8.44. The Kier molecular flexibility index (Phi) is 6.90. The normalized spacial score (nSPS) is 10.1. The van der Waals surface area contributed by atoms with Gasteiger partial charge in [-0.15, -0.1) is 34.5 Å². The SMILES string of the molecule is CCc1cc2c(-c3cccc(Cl)c3)cccc2[cH-]1.[Cl][Zr][Cl]. The van der Waals surface area contributed by atoms with Crippen LogP contribution in [0.3, 0.4) is 0 Å². The average molecular weight is 416 g/mol. The quantitative estimate of drug-likeness (QED) is 0.403. The van der Waals surface area contributed by atoms with Gasteiger partial charge in [0, 0.05) is 5.02 Å². The van der Waals surface area contributed by atoms with Crippen molar-refractivity contribution in [2.75, 3.05) is 0 Å². The maximum atomic E-state index is 6.08. The summed E-state index contributed by atoms with van der Waals surface area (Å²) in [6, 6.07) is 19.0. The third kappa shape index (κ3) is 4.39. The molecule has 0 aromatic heterocycles. The molecule has 0 saturated carbocycles. The van der Waals surface area contributed by atoms with E-state index < -0.39 is 20.8 Å². The summed E-state index contributed by atoms with van der Waals surface area (Å²) in [4.78, 5) is 0. The van der Waals surface area contributed by atoms with Gasteiger partial charge in [-0.2, -0.15) is 6.07 Å². The number of halogens is 3. The van der Waals surface area contributed by atoms with Crippen LogP contribution < -0.4 is 0 Å². The van der Waals surface area contributed by atoms with Gasteiger partial charge in [-0.05, 0) is 24.1 Å². The number of benzene rings is 2. The minimum absolute atomic E-state index is 0.784. The van der Waals surface area contributed by atoms with Gasteiger partial charge in [0.05, 0.1) is 0 Å². The second-order valence-corrected chi connectivity index (χ2v) is 8.78. The Balaban J connectivity index is 0.000000497. The third-order valence-corrected chi connectivity index (χ3v) is 3.59. The topological polar surface area (TPSA) is 0 Å². The molecule has 0 N–H and O–H groups in total. The summed E-state index contributed by atoms with van der Waals surface area (Å²) in [5.74, 6) is 0. The van der Waals surface area contributed by atoms with E-state index >= 15 is 0 Å². The summed E-state index contributed by atoms with van der Waals surface area (Å²) in [6.07, 6.45) is 1.07. The number of hydrogen-bond donors (Lipinski definition) is 0. The van der Waals surface area contributed by atoms with Crippen LogP contribution in [-0.2, 0) is 27.3 Å². The fraction of sp³-hybridized carbons (Fsp3) is 0.118. The third-order valence-electron chi connectivity index (χ3n) is 3.35. The van der Waals surface area contributed by atoms with E-state index in [0.29, 0.717) is 0 Å². The molecule has 0 heterocycles. The molecule has 0 saturated heterocycles. The molecule has 3 aromatic carbocycles. The number of hydrogen-bond acceptors (Lipinski definition) is 0. The molecule has 3 rings (SSSR count). The summed E-state index contributed by atoms with van der Waals surface area (Å²) < 4.78 is 0. The first-order valence-electron chi connectivity index (χ1n) is 6.60. The molecule has 0 unspecified atom stereocenters. The fourth-order valence-electron chi connectivity index (χ4n) is 2.41. The van der Waals surface area contributed by atoms with Crippen molar-refractivity contribution >= 4 is 39.4 Å². The molecular formula is C17H14Cl3Zr-. The summed E-state index contributed by atoms with van der Waals surface area (Å²) in [5.41, 5.74) is 3.83. The molecule has 108 valence electrons. The van der Waals surface area contributed by atoms with E-state index in [2.05, 4.69) is 43.3 Å². The van der Waals surface area contributed by atoms with Crippen molar-refractivity contribution in [1.29, 1.82) is 0 Å². The molecule has 0 aliphatic heterocycles. The van der Waals surface area contributed by atoms with Crippen molar-refractivity contribution in [2.24, 2.45) is 0 Å². The predicted molar refractivity (Wildman–Crippen MR) is 91.1 cm³/mol. The molecular weight excluding hydrogens is 402 g/mol. The Bertz CT molecular complexity index is 719. The van der Waals surface area contributed by atoms with Crippen LogP contribution in [0.4, 0.5) is 0 Å². The van der Waals surface area contributed by atoms with Crippen LogP contribution in [0.25, 0.3) is 21.9 Å². The first-order valence-corrected chi connectivity index (χ1v) is 13.3. The Morgan fingerprint density at radius 1 is 1.05 bits per heavy atom. The van der Waals surface area contributed by atoms with E-state index in [0.717, 1.165) is 11.4 Å². The van der Waals surface area contributed by atoms with Gasteiger partial charge in [-0.25, -0.2) is 0 Å². The van der Waals surface area contributed by atoms with Gasteiger partial charge in [-0.3, -0.25) is 0 Å². The maximum absolute atomic E-state index is 6.08. The summed E-state index contributed by atoms with van der Waals surface area (Å²) in [7, 11) is 9.87. The second-order valence-electron chi connectivity index (χ2n) is 4.61. The van der Waals surface area contributed by atoms with Crippen molar-refractivity contribution in [3.8, 4) is 11.1 Å². The van der Waals surface area contributed by atoms with Gasteiger partial charge in [0.1, 0.15) is 0 Å². The first kappa shape index (κ1) is 17.2. The predicted octanol–water partition coefficient (Wildman–Crippen LogP) is 6.82. The molecule has 0 radical (unpaired) electrons. The fourth-order valence-corrected chi connectivity index (χ4v) is 2.60. The van der Waals surface area contributed by atoms with Crippen molar-refractivity contribution in [3.63, 3.8) is 0 Å². The van der Waals surface area contributed by atoms with E-state index in [1.165, 1.54) is 27.5 Å². The summed E-state index contributed by atoms with van der Waals surface area (Å²) >= 11 is 5.25. The zero-order valence-corrected chi connectivity index (χ0v) is 16.3. The molecule has 0 amide bonds. The van der Waals surface area contributed by atoms with Gasteiger partial charge in [0.25, 0.3) is 0 Å². The Morgan fingerprint density at radius 3 is 2.43 bits per heavy atom. The summed E-state index contributed by atoms with van der Waals surface area (Å²) in [6.45, 7) is 2.19.